The Bertz CT molecular complexity index is 519. The molecule has 0 saturated carbocycles. The molecule has 0 radical (unpaired) electrons. The highest BCUT2D eigenvalue weighted by molar-refractivity contribution is 5.76. The van der Waals surface area contributed by atoms with Crippen LogP contribution in [0.5, 0.6) is 0 Å². The number of imidazole rings is 1. The molecule has 1 unspecified atom stereocenters. The van der Waals surface area contributed by atoms with Crippen molar-refractivity contribution in [2.24, 2.45) is 7.05 Å². The van der Waals surface area contributed by atoms with Gasteiger partial charge in [-0.2, -0.15) is 0 Å². The molecule has 1 heterocycles. The first kappa shape index (κ1) is 12.0. The fraction of sp³-hybridized carbons (Fsp3) is 0.462. The highest BCUT2D eigenvalue weighted by atomic mass is 19.1. The second-order valence-corrected chi connectivity index (χ2v) is 4.34. The Morgan fingerprint density at radius 3 is 2.94 bits per heavy atom. The molecule has 17 heavy (non-hydrogen) atoms. The molecule has 0 saturated heterocycles. The van der Waals surface area contributed by atoms with Crippen molar-refractivity contribution in [2.75, 3.05) is 6.54 Å². The molecule has 0 bridgehead atoms. The van der Waals surface area contributed by atoms with Crippen LogP contribution in [0, 0.1) is 5.82 Å². The van der Waals surface area contributed by atoms with Crippen molar-refractivity contribution < 1.29 is 4.39 Å². The SMILES string of the molecule is CCCNC(C)c1nc2ccc(F)cc2n1C. The first-order valence-corrected chi connectivity index (χ1v) is 5.98. The van der Waals surface area contributed by atoms with Gasteiger partial charge < -0.3 is 9.88 Å². The number of fused-ring (bicyclic) bond motifs is 1. The lowest BCUT2D eigenvalue weighted by atomic mass is 10.3. The highest BCUT2D eigenvalue weighted by Gasteiger charge is 2.13. The molecule has 1 N–H and O–H groups in total. The maximum absolute atomic E-state index is 13.2. The molecule has 0 aliphatic carbocycles. The molecule has 1 aromatic heterocycles. The van der Waals surface area contributed by atoms with E-state index in [-0.39, 0.29) is 11.9 Å². The minimum absolute atomic E-state index is 0.176. The average molecular weight is 235 g/mol. The quantitative estimate of drug-likeness (QED) is 0.883. The minimum Gasteiger partial charge on any atom is -0.330 e. The third-order valence-electron chi connectivity index (χ3n) is 2.97. The number of hydrogen-bond donors (Lipinski definition) is 1. The van der Waals surface area contributed by atoms with Gasteiger partial charge in [-0.15, -0.1) is 0 Å². The van der Waals surface area contributed by atoms with Crippen molar-refractivity contribution in [3.05, 3.63) is 29.8 Å². The Kier molecular flexibility index (Phi) is 3.43. The molecule has 1 atom stereocenters. The van der Waals surface area contributed by atoms with Crippen LogP contribution in [0.25, 0.3) is 11.0 Å². The van der Waals surface area contributed by atoms with E-state index in [4.69, 9.17) is 0 Å². The summed E-state index contributed by atoms with van der Waals surface area (Å²) >= 11 is 0. The van der Waals surface area contributed by atoms with E-state index in [0.29, 0.717) is 0 Å². The van der Waals surface area contributed by atoms with E-state index in [2.05, 4.69) is 24.1 Å². The van der Waals surface area contributed by atoms with Gasteiger partial charge in [-0.25, -0.2) is 9.37 Å². The van der Waals surface area contributed by atoms with Crippen molar-refractivity contribution in [3.8, 4) is 0 Å². The smallest absolute Gasteiger partial charge is 0.126 e. The largest absolute Gasteiger partial charge is 0.330 e. The zero-order valence-electron chi connectivity index (χ0n) is 10.5. The lowest BCUT2D eigenvalue weighted by molar-refractivity contribution is 0.531. The summed E-state index contributed by atoms with van der Waals surface area (Å²) in [5.41, 5.74) is 1.68. The van der Waals surface area contributed by atoms with Gasteiger partial charge in [0.2, 0.25) is 0 Å². The molecule has 0 fully saturated rings. The summed E-state index contributed by atoms with van der Waals surface area (Å²) in [5.74, 6) is 0.722. The predicted octanol–water partition coefficient (Wildman–Crippen LogP) is 2.77. The molecule has 0 spiro atoms. The van der Waals surface area contributed by atoms with E-state index in [1.807, 2.05) is 11.6 Å². The first-order valence-electron chi connectivity index (χ1n) is 5.98. The Balaban J connectivity index is 2.38. The van der Waals surface area contributed by atoms with Gasteiger partial charge >= 0.3 is 0 Å². The number of aromatic nitrogens is 2. The maximum atomic E-state index is 13.2. The monoisotopic (exact) mass is 235 g/mol. The Hall–Kier alpha value is -1.42. The van der Waals surface area contributed by atoms with Crippen LogP contribution in [-0.2, 0) is 7.05 Å². The average Bonchev–Trinajstić information content (AvgIpc) is 2.64. The Morgan fingerprint density at radius 2 is 2.24 bits per heavy atom. The second kappa shape index (κ2) is 4.84. The van der Waals surface area contributed by atoms with E-state index in [0.717, 1.165) is 29.8 Å². The number of halogens is 1. The van der Waals surface area contributed by atoms with Crippen molar-refractivity contribution in [1.29, 1.82) is 0 Å². The third-order valence-corrected chi connectivity index (χ3v) is 2.97. The molecule has 2 aromatic rings. The van der Waals surface area contributed by atoms with Gasteiger partial charge in [0.05, 0.1) is 17.1 Å². The minimum atomic E-state index is -0.221. The topological polar surface area (TPSA) is 29.9 Å². The molecule has 1 aromatic carbocycles. The normalized spacial score (nSPS) is 13.2. The fourth-order valence-corrected chi connectivity index (χ4v) is 2.02. The van der Waals surface area contributed by atoms with Gasteiger partial charge in [-0.05, 0) is 38.1 Å². The first-order chi connectivity index (χ1) is 8.13. The van der Waals surface area contributed by atoms with E-state index >= 15 is 0 Å². The van der Waals surface area contributed by atoms with Crippen LogP contribution >= 0.6 is 0 Å². The van der Waals surface area contributed by atoms with Gasteiger partial charge in [0.15, 0.2) is 0 Å². The standard InChI is InChI=1S/C13H18FN3/c1-4-7-15-9(2)13-16-11-6-5-10(14)8-12(11)17(13)3/h5-6,8-9,15H,4,7H2,1-3H3. The van der Waals surface area contributed by atoms with E-state index < -0.39 is 0 Å². The molecular formula is C13H18FN3. The van der Waals surface area contributed by atoms with E-state index in [1.54, 1.807) is 6.07 Å². The van der Waals surface area contributed by atoms with Crippen molar-refractivity contribution in [3.63, 3.8) is 0 Å². The van der Waals surface area contributed by atoms with Crippen LogP contribution in [0.15, 0.2) is 18.2 Å². The van der Waals surface area contributed by atoms with Gasteiger partial charge in [-0.1, -0.05) is 6.92 Å². The number of rotatable bonds is 4. The summed E-state index contributed by atoms with van der Waals surface area (Å²) in [6.45, 7) is 5.16. The molecule has 0 amide bonds. The summed E-state index contributed by atoms with van der Waals surface area (Å²) in [6.07, 6.45) is 1.09. The van der Waals surface area contributed by atoms with Crippen molar-refractivity contribution in [2.45, 2.75) is 26.3 Å². The number of benzene rings is 1. The van der Waals surface area contributed by atoms with Gasteiger partial charge in [0.1, 0.15) is 11.6 Å². The lowest BCUT2D eigenvalue weighted by Gasteiger charge is -2.12. The predicted molar refractivity (Wildman–Crippen MR) is 67.4 cm³/mol. The number of aryl methyl sites for hydroxylation is 1. The molecule has 2 rings (SSSR count). The molecule has 0 aliphatic rings. The molecule has 4 heteroatoms. The number of nitrogens with one attached hydrogen (secondary N) is 1. The van der Waals surface area contributed by atoms with Crippen LogP contribution in [0.3, 0.4) is 0 Å². The van der Waals surface area contributed by atoms with Crippen LogP contribution in [0.4, 0.5) is 4.39 Å². The molecule has 0 aliphatic heterocycles. The van der Waals surface area contributed by atoms with E-state index in [1.165, 1.54) is 12.1 Å². The Labute approximate surface area is 101 Å². The van der Waals surface area contributed by atoms with Crippen LogP contribution in [0.2, 0.25) is 0 Å². The summed E-state index contributed by atoms with van der Waals surface area (Å²) in [6, 6.07) is 4.87. The van der Waals surface area contributed by atoms with Crippen molar-refractivity contribution >= 4 is 11.0 Å². The lowest BCUT2D eigenvalue weighted by Crippen LogP contribution is -2.22. The molecule has 92 valence electrons. The van der Waals surface area contributed by atoms with Crippen LogP contribution in [0.1, 0.15) is 32.1 Å². The fourth-order valence-electron chi connectivity index (χ4n) is 2.02. The van der Waals surface area contributed by atoms with Crippen LogP contribution in [-0.4, -0.2) is 16.1 Å². The van der Waals surface area contributed by atoms with Gasteiger partial charge in [0, 0.05) is 7.05 Å². The molecular weight excluding hydrogens is 217 g/mol. The van der Waals surface area contributed by atoms with Gasteiger partial charge in [0.25, 0.3) is 0 Å². The zero-order valence-corrected chi connectivity index (χ0v) is 10.5. The highest BCUT2D eigenvalue weighted by Crippen LogP contribution is 2.20. The van der Waals surface area contributed by atoms with Crippen molar-refractivity contribution in [1.82, 2.24) is 14.9 Å². The second-order valence-electron chi connectivity index (χ2n) is 4.34. The summed E-state index contributed by atoms with van der Waals surface area (Å²) in [4.78, 5) is 4.54. The number of nitrogens with zero attached hydrogens (tertiary/aromatic N) is 2. The van der Waals surface area contributed by atoms with Crippen LogP contribution < -0.4 is 5.32 Å². The summed E-state index contributed by atoms with van der Waals surface area (Å²) < 4.78 is 15.1. The molecule has 3 nitrogen and oxygen atoms in total. The summed E-state index contributed by atoms with van der Waals surface area (Å²) in [5, 5.41) is 3.39. The maximum Gasteiger partial charge on any atom is 0.126 e. The number of hydrogen-bond acceptors (Lipinski definition) is 2. The zero-order chi connectivity index (χ0) is 12.4. The van der Waals surface area contributed by atoms with Gasteiger partial charge in [-0.3, -0.25) is 0 Å². The Morgan fingerprint density at radius 1 is 1.47 bits per heavy atom. The van der Waals surface area contributed by atoms with E-state index in [9.17, 15) is 4.39 Å². The third kappa shape index (κ3) is 2.31. The summed E-state index contributed by atoms with van der Waals surface area (Å²) in [7, 11) is 1.92.